The third kappa shape index (κ3) is 3.90. The van der Waals surface area contributed by atoms with Crippen molar-refractivity contribution >= 4 is 28.5 Å². The fourth-order valence-corrected chi connectivity index (χ4v) is 4.25. The first-order valence-electron chi connectivity index (χ1n) is 9.85. The second-order valence-corrected chi connectivity index (χ2v) is 7.98. The lowest BCUT2D eigenvalue weighted by Gasteiger charge is -2.34. The average Bonchev–Trinajstić information content (AvgIpc) is 3.05. The lowest BCUT2D eigenvalue weighted by molar-refractivity contribution is -0.139. The number of ether oxygens (including phenoxy) is 1. The summed E-state index contributed by atoms with van der Waals surface area (Å²) < 4.78 is 7.71. The third-order valence-electron chi connectivity index (χ3n) is 5.55. The highest BCUT2D eigenvalue weighted by molar-refractivity contribution is 6.30. The van der Waals surface area contributed by atoms with Gasteiger partial charge in [-0.15, -0.1) is 0 Å². The number of aryl methyl sites for hydroxylation is 1. The smallest absolute Gasteiger partial charge is 0.326 e. The summed E-state index contributed by atoms with van der Waals surface area (Å²) in [5.74, 6) is 0.625. The Labute approximate surface area is 174 Å². The normalized spacial score (nSPS) is 16.2. The summed E-state index contributed by atoms with van der Waals surface area (Å²) in [6.07, 6.45) is 0.891. The number of aromatic amines is 1. The number of nitrogens with one attached hydrogen (secondary N) is 1. The van der Waals surface area contributed by atoms with E-state index in [4.69, 9.17) is 16.3 Å². The molecule has 4 rings (SSSR count). The van der Waals surface area contributed by atoms with Crippen molar-refractivity contribution in [3.05, 3.63) is 63.5 Å². The summed E-state index contributed by atoms with van der Waals surface area (Å²) in [5.41, 5.74) is 2.56. The van der Waals surface area contributed by atoms with Crippen LogP contribution < -0.4 is 10.4 Å². The highest BCUT2D eigenvalue weighted by Crippen LogP contribution is 2.26. The van der Waals surface area contributed by atoms with Crippen LogP contribution in [0.4, 0.5) is 0 Å². The van der Waals surface area contributed by atoms with Crippen molar-refractivity contribution in [2.45, 2.75) is 38.8 Å². The second kappa shape index (κ2) is 7.95. The molecule has 0 spiro atoms. The van der Waals surface area contributed by atoms with Crippen molar-refractivity contribution in [1.29, 1.82) is 0 Å². The number of rotatable bonds is 4. The van der Waals surface area contributed by atoms with Gasteiger partial charge in [0.15, 0.2) is 6.10 Å². The first-order valence-corrected chi connectivity index (χ1v) is 10.2. The number of benzene rings is 2. The molecule has 152 valence electrons. The molecule has 3 aromatic rings. The van der Waals surface area contributed by atoms with Gasteiger partial charge in [0, 0.05) is 24.2 Å². The van der Waals surface area contributed by atoms with Gasteiger partial charge in [0.2, 0.25) is 0 Å². The van der Waals surface area contributed by atoms with Crippen LogP contribution in [0.25, 0.3) is 11.0 Å². The zero-order valence-corrected chi connectivity index (χ0v) is 17.3. The Kier molecular flexibility index (Phi) is 5.37. The molecular weight excluding hydrogens is 390 g/mol. The second-order valence-electron chi connectivity index (χ2n) is 7.54. The van der Waals surface area contributed by atoms with Crippen LogP contribution in [0.5, 0.6) is 5.75 Å². The van der Waals surface area contributed by atoms with Gasteiger partial charge < -0.3 is 14.6 Å². The molecule has 6 nitrogen and oxygen atoms in total. The minimum Gasteiger partial charge on any atom is -0.481 e. The Bertz CT molecular complexity index is 1100. The van der Waals surface area contributed by atoms with E-state index < -0.39 is 6.10 Å². The Morgan fingerprint density at radius 1 is 1.21 bits per heavy atom. The van der Waals surface area contributed by atoms with Crippen LogP contribution in [0.2, 0.25) is 5.02 Å². The van der Waals surface area contributed by atoms with Crippen LogP contribution in [-0.2, 0) is 4.79 Å². The lowest BCUT2D eigenvalue weighted by Crippen LogP contribution is -2.45. The molecule has 1 amide bonds. The summed E-state index contributed by atoms with van der Waals surface area (Å²) >= 11 is 5.98. The molecule has 1 atom stereocenters. The van der Waals surface area contributed by atoms with Gasteiger partial charge in [-0.05, 0) is 62.6 Å². The molecule has 7 heteroatoms. The maximum atomic E-state index is 12.9. The fourth-order valence-electron chi connectivity index (χ4n) is 4.02. The number of halogens is 1. The highest BCUT2D eigenvalue weighted by atomic mass is 35.5. The molecule has 1 N–H and O–H groups in total. The summed E-state index contributed by atoms with van der Waals surface area (Å²) in [4.78, 5) is 30.0. The van der Waals surface area contributed by atoms with Crippen LogP contribution in [0.1, 0.15) is 31.4 Å². The first kappa shape index (κ1) is 19.6. The van der Waals surface area contributed by atoms with Gasteiger partial charge in [0.25, 0.3) is 5.91 Å². The molecule has 1 fully saturated rings. The van der Waals surface area contributed by atoms with Crippen molar-refractivity contribution in [3.63, 3.8) is 0 Å². The molecule has 1 saturated heterocycles. The van der Waals surface area contributed by atoms with E-state index in [1.807, 2.05) is 46.7 Å². The van der Waals surface area contributed by atoms with Crippen LogP contribution >= 0.6 is 11.6 Å². The summed E-state index contributed by atoms with van der Waals surface area (Å²) in [7, 11) is 0. The van der Waals surface area contributed by atoms with Crippen LogP contribution in [-0.4, -0.2) is 39.6 Å². The molecular formula is C22H24ClN3O3. The quantitative estimate of drug-likeness (QED) is 0.704. The number of aromatic nitrogens is 2. The number of fused-ring (bicyclic) bond motifs is 1. The number of H-pyrrole nitrogens is 1. The molecule has 2 heterocycles. The van der Waals surface area contributed by atoms with Gasteiger partial charge in [-0.2, -0.15) is 0 Å². The number of nitrogens with zero attached hydrogens (tertiary/aromatic N) is 2. The maximum Gasteiger partial charge on any atom is 0.326 e. The zero-order chi connectivity index (χ0) is 20.5. The van der Waals surface area contributed by atoms with Crippen molar-refractivity contribution < 1.29 is 9.53 Å². The topological polar surface area (TPSA) is 67.3 Å². The van der Waals surface area contributed by atoms with E-state index in [2.05, 4.69) is 4.98 Å². The Hall–Kier alpha value is -2.73. The molecule has 1 aromatic heterocycles. The predicted molar refractivity (Wildman–Crippen MR) is 114 cm³/mol. The van der Waals surface area contributed by atoms with Gasteiger partial charge in [0.05, 0.1) is 11.0 Å². The van der Waals surface area contributed by atoms with Crippen molar-refractivity contribution in [2.24, 2.45) is 0 Å². The van der Waals surface area contributed by atoms with Gasteiger partial charge in [-0.3, -0.25) is 9.36 Å². The third-order valence-corrected chi connectivity index (χ3v) is 5.79. The lowest BCUT2D eigenvalue weighted by atomic mass is 10.0. The molecule has 1 aliphatic heterocycles. The number of imidazole rings is 1. The van der Waals surface area contributed by atoms with Crippen molar-refractivity contribution in [2.75, 3.05) is 13.1 Å². The number of para-hydroxylation sites is 2. The van der Waals surface area contributed by atoms with Gasteiger partial charge in [-0.25, -0.2) is 4.79 Å². The van der Waals surface area contributed by atoms with Gasteiger partial charge >= 0.3 is 5.69 Å². The van der Waals surface area contributed by atoms with Crippen LogP contribution in [0.3, 0.4) is 0 Å². The largest absolute Gasteiger partial charge is 0.481 e. The number of carbonyl (C=O) groups excluding carboxylic acids is 1. The number of likely N-dealkylation sites (tertiary alicyclic amines) is 1. The minimum absolute atomic E-state index is 0.0379. The monoisotopic (exact) mass is 413 g/mol. The molecule has 1 unspecified atom stereocenters. The zero-order valence-electron chi connectivity index (χ0n) is 16.5. The first-order chi connectivity index (χ1) is 13.9. The van der Waals surface area contributed by atoms with E-state index in [1.165, 1.54) is 0 Å². The van der Waals surface area contributed by atoms with Crippen LogP contribution in [0, 0.1) is 6.92 Å². The van der Waals surface area contributed by atoms with E-state index in [0.717, 1.165) is 29.4 Å². The van der Waals surface area contributed by atoms with Crippen LogP contribution in [0.15, 0.2) is 47.3 Å². The Morgan fingerprint density at radius 3 is 2.66 bits per heavy atom. The van der Waals surface area contributed by atoms with E-state index in [0.29, 0.717) is 23.9 Å². The maximum absolute atomic E-state index is 12.9. The summed E-state index contributed by atoms with van der Waals surface area (Å²) in [6.45, 7) is 4.88. The number of hydrogen-bond donors (Lipinski definition) is 1. The molecule has 1 aliphatic rings. The molecule has 0 saturated carbocycles. The van der Waals surface area contributed by atoms with E-state index in [1.54, 1.807) is 19.1 Å². The average molecular weight is 414 g/mol. The molecule has 2 aromatic carbocycles. The number of hydrogen-bond acceptors (Lipinski definition) is 3. The summed E-state index contributed by atoms with van der Waals surface area (Å²) in [6, 6.07) is 13.1. The predicted octanol–water partition coefficient (Wildman–Crippen LogP) is 3.92. The van der Waals surface area contributed by atoms with E-state index >= 15 is 0 Å². The Balaban J connectivity index is 1.41. The van der Waals surface area contributed by atoms with Gasteiger partial charge in [0.1, 0.15) is 5.75 Å². The SMILES string of the molecule is Cc1cc(Cl)ccc1OC(C)C(=O)N1CCC(n2c(=O)[nH]c3ccccc32)CC1. The molecule has 0 aliphatic carbocycles. The fraction of sp³-hybridized carbons (Fsp3) is 0.364. The minimum atomic E-state index is -0.581. The van der Waals surface area contributed by atoms with Crippen molar-refractivity contribution in [1.82, 2.24) is 14.5 Å². The molecule has 0 radical (unpaired) electrons. The van der Waals surface area contributed by atoms with Crippen molar-refractivity contribution in [3.8, 4) is 5.75 Å². The summed E-state index contributed by atoms with van der Waals surface area (Å²) in [5, 5.41) is 0.642. The van der Waals surface area contributed by atoms with E-state index in [9.17, 15) is 9.59 Å². The van der Waals surface area contributed by atoms with Gasteiger partial charge in [-0.1, -0.05) is 23.7 Å². The molecule has 29 heavy (non-hydrogen) atoms. The highest BCUT2D eigenvalue weighted by Gasteiger charge is 2.29. The number of carbonyl (C=O) groups is 1. The number of amides is 1. The standard InChI is InChI=1S/C22H24ClN3O3/c1-14-13-16(23)7-8-20(14)29-15(2)21(27)25-11-9-17(10-12-25)26-19-6-4-3-5-18(19)24-22(26)28/h3-8,13,15,17H,9-12H2,1-2H3,(H,24,28). The Morgan fingerprint density at radius 2 is 1.93 bits per heavy atom. The molecule has 0 bridgehead atoms. The van der Waals surface area contributed by atoms with E-state index in [-0.39, 0.29) is 17.6 Å². The number of piperidine rings is 1.